The third kappa shape index (κ3) is 4.59. The molecule has 0 spiro atoms. The lowest BCUT2D eigenvalue weighted by molar-refractivity contribution is -0.138. The number of hydrogen-bond donors (Lipinski definition) is 0. The lowest BCUT2D eigenvalue weighted by atomic mass is 10.1. The molecule has 1 atom stereocenters. The van der Waals surface area contributed by atoms with Gasteiger partial charge in [-0.3, -0.25) is 4.79 Å². The summed E-state index contributed by atoms with van der Waals surface area (Å²) in [4.78, 5) is 23.8. The molecule has 0 unspecified atom stereocenters. The smallest absolute Gasteiger partial charge is 0.227 e. The fraction of sp³-hybridized carbons (Fsp3) is 0.471. The summed E-state index contributed by atoms with van der Waals surface area (Å²) in [5, 5.41) is 2.01. The first kappa shape index (κ1) is 16.1. The van der Waals surface area contributed by atoms with Gasteiger partial charge in [0.15, 0.2) is 0 Å². The summed E-state index contributed by atoms with van der Waals surface area (Å²) in [5.41, 5.74) is 2.01. The van der Waals surface area contributed by atoms with Crippen molar-refractivity contribution in [2.75, 3.05) is 19.7 Å². The Labute approximate surface area is 140 Å². The number of rotatable bonds is 5. The van der Waals surface area contributed by atoms with E-state index in [1.165, 1.54) is 0 Å². The minimum Gasteiger partial charge on any atom is -0.375 e. The molecule has 1 aliphatic heterocycles. The minimum absolute atomic E-state index is 0.0892. The van der Waals surface area contributed by atoms with Gasteiger partial charge in [-0.25, -0.2) is 9.97 Å². The highest BCUT2D eigenvalue weighted by atomic mass is 32.1. The molecule has 2 aromatic heterocycles. The molecule has 1 saturated heterocycles. The number of amides is 1. The van der Waals surface area contributed by atoms with Gasteiger partial charge in [-0.05, 0) is 37.3 Å². The summed E-state index contributed by atoms with van der Waals surface area (Å²) in [6, 6.07) is 6.00. The van der Waals surface area contributed by atoms with E-state index in [1.807, 2.05) is 35.4 Å². The molecular weight excluding hydrogens is 310 g/mol. The van der Waals surface area contributed by atoms with E-state index in [0.717, 1.165) is 29.1 Å². The monoisotopic (exact) mass is 331 g/mol. The molecule has 0 aliphatic carbocycles. The molecule has 122 valence electrons. The number of carbonyl (C=O) groups is 1. The van der Waals surface area contributed by atoms with Gasteiger partial charge in [-0.15, -0.1) is 11.3 Å². The fourth-order valence-corrected chi connectivity index (χ4v) is 3.45. The van der Waals surface area contributed by atoms with Crippen LogP contribution in [0.1, 0.15) is 22.7 Å². The van der Waals surface area contributed by atoms with Gasteiger partial charge in [0.1, 0.15) is 6.33 Å². The maximum Gasteiger partial charge on any atom is 0.227 e. The van der Waals surface area contributed by atoms with E-state index in [1.54, 1.807) is 17.7 Å². The molecule has 2 aromatic rings. The van der Waals surface area contributed by atoms with Gasteiger partial charge < -0.3 is 9.64 Å². The zero-order valence-electron chi connectivity index (χ0n) is 13.3. The number of aromatic nitrogens is 2. The van der Waals surface area contributed by atoms with E-state index in [-0.39, 0.29) is 12.0 Å². The molecule has 3 heterocycles. The highest BCUT2D eigenvalue weighted by Gasteiger charge is 2.24. The van der Waals surface area contributed by atoms with Crippen molar-refractivity contribution in [2.24, 2.45) is 0 Å². The van der Waals surface area contributed by atoms with Crippen molar-refractivity contribution in [3.63, 3.8) is 0 Å². The Morgan fingerprint density at radius 3 is 3.17 bits per heavy atom. The van der Waals surface area contributed by atoms with Gasteiger partial charge in [-0.2, -0.15) is 0 Å². The second-order valence-corrected chi connectivity index (χ2v) is 6.81. The number of aryl methyl sites for hydroxylation is 2. The van der Waals surface area contributed by atoms with Gasteiger partial charge in [0.05, 0.1) is 19.1 Å². The van der Waals surface area contributed by atoms with Crippen LogP contribution in [-0.2, 0) is 22.4 Å². The predicted molar refractivity (Wildman–Crippen MR) is 89.4 cm³/mol. The largest absolute Gasteiger partial charge is 0.375 e. The van der Waals surface area contributed by atoms with Crippen LogP contribution >= 0.6 is 11.3 Å². The second kappa shape index (κ2) is 7.66. The first-order chi connectivity index (χ1) is 11.2. The molecule has 3 rings (SSSR count). The SMILES string of the molecule is Cc1cc(CC[C@H]2CN(C(=O)Cc3cccs3)CCO2)ncn1. The van der Waals surface area contributed by atoms with Crippen molar-refractivity contribution < 1.29 is 9.53 Å². The van der Waals surface area contributed by atoms with E-state index >= 15 is 0 Å². The molecule has 0 bridgehead atoms. The van der Waals surface area contributed by atoms with Gasteiger partial charge in [0.25, 0.3) is 0 Å². The molecule has 1 aliphatic rings. The van der Waals surface area contributed by atoms with Crippen molar-refractivity contribution in [3.05, 3.63) is 46.2 Å². The van der Waals surface area contributed by atoms with Crippen molar-refractivity contribution in [1.29, 1.82) is 0 Å². The summed E-state index contributed by atoms with van der Waals surface area (Å²) in [6.45, 7) is 3.94. The van der Waals surface area contributed by atoms with E-state index in [0.29, 0.717) is 26.1 Å². The molecular formula is C17H21N3O2S. The topological polar surface area (TPSA) is 55.3 Å². The third-order valence-corrected chi connectivity index (χ3v) is 4.86. The van der Waals surface area contributed by atoms with Crippen LogP contribution in [0.3, 0.4) is 0 Å². The number of nitrogens with zero attached hydrogens (tertiary/aromatic N) is 3. The summed E-state index contributed by atoms with van der Waals surface area (Å²) in [7, 11) is 0. The molecule has 0 radical (unpaired) electrons. The standard InChI is InChI=1S/C17H21N3O2S/c1-13-9-14(19-12-18-13)4-5-15-11-20(6-7-22-15)17(21)10-16-3-2-8-23-16/h2-3,8-9,12,15H,4-7,10-11H2,1H3/t15-/m0/s1. The van der Waals surface area contributed by atoms with Gasteiger partial charge in [0, 0.05) is 29.4 Å². The highest BCUT2D eigenvalue weighted by Crippen LogP contribution is 2.15. The van der Waals surface area contributed by atoms with Gasteiger partial charge >= 0.3 is 0 Å². The van der Waals surface area contributed by atoms with Crippen molar-refractivity contribution >= 4 is 17.2 Å². The van der Waals surface area contributed by atoms with E-state index in [2.05, 4.69) is 9.97 Å². The summed E-state index contributed by atoms with van der Waals surface area (Å²) in [6.07, 6.45) is 3.91. The molecule has 0 saturated carbocycles. The quantitative estimate of drug-likeness (QED) is 0.843. The van der Waals surface area contributed by atoms with Crippen LogP contribution < -0.4 is 0 Å². The number of hydrogen-bond acceptors (Lipinski definition) is 5. The van der Waals surface area contributed by atoms with Crippen LogP contribution in [0, 0.1) is 6.92 Å². The summed E-state index contributed by atoms with van der Waals surface area (Å²) >= 11 is 1.63. The van der Waals surface area contributed by atoms with Gasteiger partial charge in [0.2, 0.25) is 5.91 Å². The summed E-state index contributed by atoms with van der Waals surface area (Å²) < 4.78 is 5.81. The van der Waals surface area contributed by atoms with Crippen LogP contribution in [0.25, 0.3) is 0 Å². The van der Waals surface area contributed by atoms with E-state index in [9.17, 15) is 4.79 Å². The van der Waals surface area contributed by atoms with Crippen molar-refractivity contribution in [3.8, 4) is 0 Å². The second-order valence-electron chi connectivity index (χ2n) is 5.78. The molecule has 23 heavy (non-hydrogen) atoms. The Morgan fingerprint density at radius 2 is 2.39 bits per heavy atom. The Kier molecular flexibility index (Phi) is 5.35. The normalized spacial score (nSPS) is 18.1. The lowest BCUT2D eigenvalue weighted by Crippen LogP contribution is -2.46. The predicted octanol–water partition coefficient (Wildman–Crippen LogP) is 2.25. The fourth-order valence-electron chi connectivity index (χ4n) is 2.75. The molecule has 1 fully saturated rings. The number of morpholine rings is 1. The first-order valence-electron chi connectivity index (χ1n) is 7.90. The van der Waals surface area contributed by atoms with Crippen molar-refractivity contribution in [1.82, 2.24) is 14.9 Å². The van der Waals surface area contributed by atoms with Crippen LogP contribution in [0.2, 0.25) is 0 Å². The van der Waals surface area contributed by atoms with E-state index < -0.39 is 0 Å². The maximum atomic E-state index is 12.4. The first-order valence-corrected chi connectivity index (χ1v) is 8.78. The summed E-state index contributed by atoms with van der Waals surface area (Å²) in [5.74, 6) is 0.193. The van der Waals surface area contributed by atoms with Crippen LogP contribution in [0.5, 0.6) is 0 Å². The molecule has 6 heteroatoms. The van der Waals surface area contributed by atoms with Crippen LogP contribution in [-0.4, -0.2) is 46.6 Å². The van der Waals surface area contributed by atoms with Crippen LogP contribution in [0.15, 0.2) is 29.9 Å². The average Bonchev–Trinajstić information content (AvgIpc) is 3.06. The zero-order valence-corrected chi connectivity index (χ0v) is 14.1. The average molecular weight is 331 g/mol. The zero-order chi connectivity index (χ0) is 16.1. The number of carbonyl (C=O) groups excluding carboxylic acids is 1. The van der Waals surface area contributed by atoms with Gasteiger partial charge in [-0.1, -0.05) is 6.07 Å². The Hall–Kier alpha value is -1.79. The minimum atomic E-state index is 0.0892. The third-order valence-electron chi connectivity index (χ3n) is 3.98. The molecule has 0 aromatic carbocycles. The Morgan fingerprint density at radius 1 is 1.48 bits per heavy atom. The Balaban J connectivity index is 1.50. The molecule has 0 N–H and O–H groups in total. The highest BCUT2D eigenvalue weighted by molar-refractivity contribution is 7.10. The number of thiophene rings is 1. The molecule has 1 amide bonds. The van der Waals surface area contributed by atoms with Crippen LogP contribution in [0.4, 0.5) is 0 Å². The number of ether oxygens (including phenoxy) is 1. The van der Waals surface area contributed by atoms with E-state index in [4.69, 9.17) is 4.74 Å². The molecule has 5 nitrogen and oxygen atoms in total. The lowest BCUT2D eigenvalue weighted by Gasteiger charge is -2.33. The Bertz CT molecular complexity index is 645. The van der Waals surface area contributed by atoms with Crippen molar-refractivity contribution in [2.45, 2.75) is 32.3 Å². The maximum absolute atomic E-state index is 12.4.